The highest BCUT2D eigenvalue weighted by Crippen LogP contribution is 2.54. The zero-order valence-electron chi connectivity index (χ0n) is 26.3. The summed E-state index contributed by atoms with van der Waals surface area (Å²) in [5.74, 6) is -0.735. The Bertz CT molecular complexity index is 1650. The molecule has 1 spiro atoms. The predicted octanol–water partition coefficient (Wildman–Crippen LogP) is 3.97. The molecule has 7 atom stereocenters. The molecule has 256 valence electrons. The van der Waals surface area contributed by atoms with E-state index >= 15 is 0 Å². The number of hydrogen-bond acceptors (Lipinski definition) is 13. The normalized spacial score (nSPS) is 34.4. The number of benzene rings is 1. The van der Waals surface area contributed by atoms with Gasteiger partial charge >= 0.3 is 0 Å². The average molecular weight is 697 g/mol. The van der Waals surface area contributed by atoms with Crippen LogP contribution < -0.4 is 10.1 Å². The Hall–Kier alpha value is -2.91. The van der Waals surface area contributed by atoms with Crippen LogP contribution in [0.3, 0.4) is 0 Å². The number of aromatic nitrogens is 1. The van der Waals surface area contributed by atoms with E-state index in [0.29, 0.717) is 11.7 Å². The van der Waals surface area contributed by atoms with Gasteiger partial charge in [-0.2, -0.15) is 0 Å². The zero-order valence-corrected chi connectivity index (χ0v) is 27.9. The smallest absolute Gasteiger partial charge is 0.229 e. The van der Waals surface area contributed by atoms with E-state index in [1.54, 1.807) is 36.5 Å². The van der Waals surface area contributed by atoms with Crippen molar-refractivity contribution in [3.05, 3.63) is 76.7 Å². The summed E-state index contributed by atoms with van der Waals surface area (Å²) in [6.07, 6.45) is 4.09. The van der Waals surface area contributed by atoms with Gasteiger partial charge in [-0.15, -0.1) is 0 Å². The van der Waals surface area contributed by atoms with Crippen LogP contribution in [0.5, 0.6) is 5.75 Å². The van der Waals surface area contributed by atoms with Crippen molar-refractivity contribution in [3.63, 3.8) is 0 Å². The molecule has 1 aromatic carbocycles. The van der Waals surface area contributed by atoms with E-state index in [9.17, 15) is 35.1 Å². The second-order valence-corrected chi connectivity index (χ2v) is 15.8. The monoisotopic (exact) mass is 696 g/mol. The Kier molecular flexibility index (Phi) is 9.39. The Balaban J connectivity index is 1.33. The molecule has 13 heteroatoms. The van der Waals surface area contributed by atoms with Gasteiger partial charge in [0.2, 0.25) is 6.29 Å². The molecule has 1 aromatic heterocycles. The quantitative estimate of drug-likeness (QED) is 0.249. The molecule has 2 fully saturated rings. The number of aliphatic hydroxyl groups excluding tert-OH is 4. The number of ketones is 2. The van der Waals surface area contributed by atoms with E-state index in [0.717, 1.165) is 43.2 Å². The molecule has 3 heterocycles. The molecule has 11 nitrogen and oxygen atoms in total. The van der Waals surface area contributed by atoms with Gasteiger partial charge in [0.25, 0.3) is 0 Å². The van der Waals surface area contributed by atoms with E-state index < -0.39 is 53.9 Å². The van der Waals surface area contributed by atoms with Gasteiger partial charge in [0.05, 0.1) is 24.0 Å². The number of Topliss-reactive ketones (excluding diaryl/α,β-unsaturated/α-hetero) is 2. The maximum atomic E-state index is 14.9. The second-order valence-electron chi connectivity index (χ2n) is 13.3. The van der Waals surface area contributed by atoms with Crippen LogP contribution in [0.15, 0.2) is 60.0 Å². The molecule has 7 unspecified atom stereocenters. The molecule has 7 rings (SSSR count). The molecule has 5 aliphatic rings. The largest absolute Gasteiger partial charge is 0.511 e. The van der Waals surface area contributed by atoms with Crippen LogP contribution in [0.2, 0.25) is 0 Å². The number of nitrogens with zero attached hydrogens (tertiary/aromatic N) is 1. The zero-order chi connectivity index (χ0) is 33.6. The lowest BCUT2D eigenvalue weighted by molar-refractivity contribution is -0.315. The summed E-state index contributed by atoms with van der Waals surface area (Å²) < 4.78 is 11.9. The highest BCUT2D eigenvalue weighted by Gasteiger charge is 2.59. The third-order valence-electron chi connectivity index (χ3n) is 10.6. The Morgan fingerprint density at radius 3 is 2.67 bits per heavy atom. The molecular formula is C35H40N2O9S2. The predicted molar refractivity (Wildman–Crippen MR) is 181 cm³/mol. The number of carbonyl (C=O) groups is 2. The van der Waals surface area contributed by atoms with Crippen LogP contribution in [0.4, 0.5) is 5.82 Å². The molecule has 1 saturated heterocycles. The van der Waals surface area contributed by atoms with Crippen molar-refractivity contribution in [3.8, 4) is 5.75 Å². The standard InChI is InChI=1S/C35H40N2O9S2/c38-16-25-30(41)35(44)11-9-19-10-12-36-27(13-19)37-18-48-47-17-34-23(14-21(15-26(34)39)20-5-2-1-3-6-20)29(40)22-7-4-8-24(28(22)31(34)42)45-33(46-25)32(35)43/h4,7-8,10,12-15,20,23,25,30,32-33,38-39,41,43-44H,1-3,5-6,9,11,16-18H2,(H,36,37). The van der Waals surface area contributed by atoms with Gasteiger partial charge in [0.1, 0.15) is 46.7 Å². The lowest BCUT2D eigenvalue weighted by Gasteiger charge is -2.48. The fourth-order valence-electron chi connectivity index (χ4n) is 7.82. The summed E-state index contributed by atoms with van der Waals surface area (Å²) in [7, 11) is 2.80. The third kappa shape index (κ3) is 5.66. The minimum atomic E-state index is -2.17. The number of ether oxygens (including phenoxy) is 2. The summed E-state index contributed by atoms with van der Waals surface area (Å²) in [6, 6.07) is 8.18. The van der Waals surface area contributed by atoms with Gasteiger partial charge in [-0.1, -0.05) is 59.1 Å². The number of anilines is 1. The van der Waals surface area contributed by atoms with Crippen molar-refractivity contribution in [1.82, 2.24) is 4.98 Å². The van der Waals surface area contributed by atoms with Crippen molar-refractivity contribution >= 4 is 39.0 Å². The van der Waals surface area contributed by atoms with E-state index in [1.807, 2.05) is 6.08 Å². The maximum Gasteiger partial charge on any atom is 0.229 e. The minimum absolute atomic E-state index is 0.0525. The summed E-state index contributed by atoms with van der Waals surface area (Å²) in [6.45, 7) is -0.683. The van der Waals surface area contributed by atoms with Crippen LogP contribution in [0.1, 0.15) is 64.8 Å². The Morgan fingerprint density at radius 1 is 1.06 bits per heavy atom. The summed E-state index contributed by atoms with van der Waals surface area (Å²) in [5, 5.41) is 59.5. The first-order chi connectivity index (χ1) is 23.2. The first-order valence-electron chi connectivity index (χ1n) is 16.5. The van der Waals surface area contributed by atoms with Crippen LogP contribution in [0.25, 0.3) is 0 Å². The molecule has 48 heavy (non-hydrogen) atoms. The van der Waals surface area contributed by atoms with Crippen LogP contribution in [-0.4, -0.2) is 90.5 Å². The summed E-state index contributed by atoms with van der Waals surface area (Å²) >= 11 is 0. The number of allylic oxidation sites excluding steroid dienone is 4. The Morgan fingerprint density at radius 2 is 1.88 bits per heavy atom. The first-order valence-corrected chi connectivity index (χ1v) is 19.0. The lowest BCUT2D eigenvalue weighted by Crippen LogP contribution is -2.68. The number of nitrogens with one attached hydrogen (secondary N) is 1. The van der Waals surface area contributed by atoms with Crippen LogP contribution in [0, 0.1) is 17.3 Å². The number of aliphatic hydroxyl groups is 5. The molecule has 2 aliphatic heterocycles. The van der Waals surface area contributed by atoms with Crippen molar-refractivity contribution in [2.75, 3.05) is 23.6 Å². The van der Waals surface area contributed by atoms with E-state index in [2.05, 4.69) is 10.3 Å². The fourth-order valence-corrected chi connectivity index (χ4v) is 10.1. The van der Waals surface area contributed by atoms with Crippen molar-refractivity contribution in [2.24, 2.45) is 17.3 Å². The number of carbonyl (C=O) groups excluding carboxylic acids is 2. The number of rotatable bonds is 2. The highest BCUT2D eigenvalue weighted by molar-refractivity contribution is 8.76. The number of hydrogen-bond donors (Lipinski definition) is 6. The van der Waals surface area contributed by atoms with Gasteiger partial charge in [-0.05, 0) is 67.0 Å². The molecule has 0 amide bonds. The van der Waals surface area contributed by atoms with Crippen LogP contribution >= 0.6 is 21.6 Å². The van der Waals surface area contributed by atoms with E-state index in [4.69, 9.17) is 9.47 Å². The van der Waals surface area contributed by atoms with E-state index in [1.165, 1.54) is 27.7 Å². The van der Waals surface area contributed by atoms with Gasteiger partial charge in [0.15, 0.2) is 11.6 Å². The van der Waals surface area contributed by atoms with E-state index in [-0.39, 0.29) is 52.9 Å². The molecule has 1 saturated carbocycles. The second kappa shape index (κ2) is 13.4. The number of pyridine rings is 1. The molecule has 3 aliphatic carbocycles. The topological polar surface area (TPSA) is 179 Å². The molecular weight excluding hydrogens is 657 g/mol. The van der Waals surface area contributed by atoms with Crippen LogP contribution in [-0.2, 0) is 11.2 Å². The SMILES string of the molecule is O=C1c2cccc3c2C(=O)C2(CSSCNc4cc(ccn4)CCC4(O)C(O)C(CO)OC(O3)C4O)C(O)=CC(C3CCCCC3)=CC12. The highest BCUT2D eigenvalue weighted by atomic mass is 33.1. The van der Waals surface area contributed by atoms with Crippen molar-refractivity contribution in [2.45, 2.75) is 75.1 Å². The minimum Gasteiger partial charge on any atom is -0.511 e. The van der Waals surface area contributed by atoms with Gasteiger partial charge < -0.3 is 40.3 Å². The first kappa shape index (κ1) is 33.6. The third-order valence-corrected chi connectivity index (χ3v) is 12.8. The number of fused-ring (bicyclic) bond motifs is 4. The Labute approximate surface area is 286 Å². The molecule has 0 radical (unpaired) electrons. The summed E-state index contributed by atoms with van der Waals surface area (Å²) in [4.78, 5) is 33.7. The molecule has 6 N–H and O–H groups in total. The summed E-state index contributed by atoms with van der Waals surface area (Å²) in [5.41, 5.74) is -2.03. The van der Waals surface area contributed by atoms with Crippen molar-refractivity contribution in [1.29, 1.82) is 0 Å². The van der Waals surface area contributed by atoms with Gasteiger partial charge in [-0.3, -0.25) is 9.59 Å². The average Bonchev–Trinajstić information content (AvgIpc) is 3.10. The molecule has 2 aromatic rings. The maximum absolute atomic E-state index is 14.9. The molecule has 6 bridgehead atoms. The number of aryl methyl sites for hydroxylation is 1. The van der Waals surface area contributed by atoms with Gasteiger partial charge in [0, 0.05) is 17.5 Å². The van der Waals surface area contributed by atoms with Crippen molar-refractivity contribution < 1.29 is 44.6 Å². The van der Waals surface area contributed by atoms with Gasteiger partial charge in [-0.25, -0.2) is 4.98 Å². The lowest BCUT2D eigenvalue weighted by atomic mass is 9.59. The fraction of sp³-hybridized carbons (Fsp3) is 0.514.